The van der Waals surface area contributed by atoms with Crippen LogP contribution in [0, 0.1) is 13.8 Å². The smallest absolute Gasteiger partial charge is 0.343 e. The molecular weight excluding hydrogens is 1170 g/mol. The first-order valence-corrected chi connectivity index (χ1v) is 29.7. The molecule has 0 saturated carbocycles. The molecule has 0 saturated heterocycles. The van der Waals surface area contributed by atoms with Crippen molar-refractivity contribution in [3.63, 3.8) is 0 Å². The van der Waals surface area contributed by atoms with E-state index in [4.69, 9.17) is 47.4 Å². The lowest BCUT2D eigenvalue weighted by molar-refractivity contribution is -0.138. The molecule has 92 heavy (non-hydrogen) atoms. The van der Waals surface area contributed by atoms with Gasteiger partial charge in [0.05, 0.1) is 73.3 Å². The SMILES string of the molecule is C=CC(=O)OCCCCOc1ccc(C(=O)Oc2ccc(C(=O)Oc3ccc(N=Cc4ccc(OCCCCOc5ccc(C=Nc6ccc(OC(=O)c7ccc(OC(=O)c8ccc(OCCCCOC(=O)C=C)cc8)cc7)c(C)c6)cc5)cc4)cc3C)cc2)cc1. The summed E-state index contributed by atoms with van der Waals surface area (Å²) in [5, 5.41) is 0. The number of carbonyl (C=O) groups is 6. The van der Waals surface area contributed by atoms with Crippen LogP contribution >= 0.6 is 0 Å². The predicted molar refractivity (Wildman–Crippen MR) is 347 cm³/mol. The normalized spacial score (nSPS) is 10.8. The van der Waals surface area contributed by atoms with Crippen molar-refractivity contribution in [2.24, 2.45) is 9.98 Å². The number of rotatable bonds is 33. The standard InChI is InChI=1S/C74H68N2O16/c1-5-69(77)87-45-11-9-43-85-63-31-17-55(18-32-63)71(79)89-65-35-21-57(22-36-65)73(81)91-67-39-25-59(47-51(67)3)75-49-53-13-27-61(28-14-53)83-41-7-8-42-84-62-29-15-54(16-30-62)50-76-60-26-40-68(52(4)48-60)92-74(82)58-23-37-66(38-24-58)90-72(80)56-19-33-64(34-20-56)86-44-10-12-46-88-70(78)6-2/h5-6,13-40,47-50H,1-2,7-12,41-46H2,3-4H3. The van der Waals surface area contributed by atoms with Crippen molar-refractivity contribution in [2.75, 3.05) is 39.6 Å². The average Bonchev–Trinajstić information content (AvgIpc) is 2.01. The summed E-state index contributed by atoms with van der Waals surface area (Å²) in [6, 6.07) is 51.1. The Morgan fingerprint density at radius 3 is 0.902 bits per heavy atom. The van der Waals surface area contributed by atoms with Crippen LogP contribution in [0.2, 0.25) is 0 Å². The lowest BCUT2D eigenvalue weighted by Gasteiger charge is -2.09. The maximum atomic E-state index is 13.0. The Labute approximate surface area is 533 Å². The Hall–Kier alpha value is -11.4. The largest absolute Gasteiger partial charge is 0.494 e. The van der Waals surface area contributed by atoms with Crippen molar-refractivity contribution in [3.05, 3.63) is 252 Å². The first-order valence-electron chi connectivity index (χ1n) is 29.7. The average molecular weight is 1240 g/mol. The number of ether oxygens (including phenoxy) is 10. The van der Waals surface area contributed by atoms with Gasteiger partial charge in [-0.15, -0.1) is 0 Å². The molecule has 0 aromatic heterocycles. The number of aryl methyl sites for hydroxylation is 2. The summed E-state index contributed by atoms with van der Waals surface area (Å²) in [5.41, 5.74) is 5.74. The molecule has 0 bridgehead atoms. The first-order chi connectivity index (χ1) is 44.8. The Morgan fingerprint density at radius 2 is 0.609 bits per heavy atom. The summed E-state index contributed by atoms with van der Waals surface area (Å²) < 4.78 is 55.6. The predicted octanol–water partition coefficient (Wildman–Crippen LogP) is 14.7. The van der Waals surface area contributed by atoms with Crippen molar-refractivity contribution in [2.45, 2.75) is 52.4 Å². The maximum absolute atomic E-state index is 13.0. The van der Waals surface area contributed by atoms with Gasteiger partial charge in [0.1, 0.15) is 46.0 Å². The van der Waals surface area contributed by atoms with E-state index in [1.54, 1.807) is 85.2 Å². The second kappa shape index (κ2) is 35.0. The lowest BCUT2D eigenvalue weighted by atomic mass is 10.2. The highest BCUT2D eigenvalue weighted by Crippen LogP contribution is 2.28. The topological polar surface area (TPSA) is 219 Å². The quantitative estimate of drug-likeness (QED) is 0.0123. The van der Waals surface area contributed by atoms with Crippen molar-refractivity contribution in [1.82, 2.24) is 0 Å². The van der Waals surface area contributed by atoms with Crippen LogP contribution in [0.5, 0.6) is 46.0 Å². The van der Waals surface area contributed by atoms with Gasteiger partial charge in [0.2, 0.25) is 0 Å². The molecule has 0 aliphatic heterocycles. The minimum atomic E-state index is -0.572. The lowest BCUT2D eigenvalue weighted by Crippen LogP contribution is -2.10. The molecule has 0 amide bonds. The molecule has 0 heterocycles. The molecule has 18 nitrogen and oxygen atoms in total. The fraction of sp³-hybridized carbons (Fsp3) is 0.189. The fourth-order valence-electron chi connectivity index (χ4n) is 8.43. The van der Waals surface area contributed by atoms with Gasteiger partial charge in [-0.1, -0.05) is 13.2 Å². The van der Waals surface area contributed by atoms with Gasteiger partial charge >= 0.3 is 35.8 Å². The molecule has 0 N–H and O–H groups in total. The van der Waals surface area contributed by atoms with E-state index in [-0.39, 0.29) is 35.8 Å². The number of nitrogens with zero attached hydrogens (tertiary/aromatic N) is 2. The number of unbranched alkanes of at least 4 members (excludes halogenated alkanes) is 3. The molecule has 470 valence electrons. The summed E-state index contributed by atoms with van der Waals surface area (Å²) >= 11 is 0. The van der Waals surface area contributed by atoms with Crippen LogP contribution in [-0.2, 0) is 19.1 Å². The molecule has 0 fully saturated rings. The van der Waals surface area contributed by atoms with Crippen LogP contribution in [0.4, 0.5) is 11.4 Å². The van der Waals surface area contributed by atoms with Gasteiger partial charge in [0.15, 0.2) is 0 Å². The number of aliphatic imine (C=N–C) groups is 2. The molecule has 8 rings (SSSR count). The Bertz CT molecular complexity index is 3610. The van der Waals surface area contributed by atoms with Crippen molar-refractivity contribution >= 4 is 59.6 Å². The van der Waals surface area contributed by atoms with E-state index >= 15 is 0 Å². The highest BCUT2D eigenvalue weighted by molar-refractivity contribution is 5.94. The fourth-order valence-corrected chi connectivity index (χ4v) is 8.43. The van der Waals surface area contributed by atoms with Crippen molar-refractivity contribution in [1.29, 1.82) is 0 Å². The van der Waals surface area contributed by atoms with Crippen LogP contribution in [0.15, 0.2) is 217 Å². The minimum Gasteiger partial charge on any atom is -0.494 e. The summed E-state index contributed by atoms with van der Waals surface area (Å²) in [6.45, 7) is 12.8. The molecule has 18 heteroatoms. The molecule has 0 unspecified atom stereocenters. The summed E-state index contributed by atoms with van der Waals surface area (Å²) in [7, 11) is 0. The van der Waals surface area contributed by atoms with Gasteiger partial charge in [-0.25, -0.2) is 28.8 Å². The third-order valence-corrected chi connectivity index (χ3v) is 13.5. The highest BCUT2D eigenvalue weighted by atomic mass is 16.6. The molecule has 0 spiro atoms. The van der Waals surface area contributed by atoms with E-state index < -0.39 is 35.8 Å². The van der Waals surface area contributed by atoms with Crippen LogP contribution in [0.25, 0.3) is 0 Å². The molecule has 0 aliphatic carbocycles. The third kappa shape index (κ3) is 21.7. The van der Waals surface area contributed by atoms with Crippen LogP contribution in [0.3, 0.4) is 0 Å². The van der Waals surface area contributed by atoms with Crippen LogP contribution < -0.4 is 37.9 Å². The second-order valence-electron chi connectivity index (χ2n) is 20.5. The molecule has 0 radical (unpaired) electrons. The Balaban J connectivity index is 0.676. The van der Waals surface area contributed by atoms with E-state index in [0.29, 0.717) is 109 Å². The monoisotopic (exact) mass is 1240 g/mol. The number of benzene rings is 8. The van der Waals surface area contributed by atoms with Gasteiger partial charge in [0.25, 0.3) is 0 Å². The first kappa shape index (κ1) is 66.6. The van der Waals surface area contributed by atoms with E-state index in [1.807, 2.05) is 74.5 Å². The summed E-state index contributed by atoms with van der Waals surface area (Å²) in [6.07, 6.45) is 9.97. The zero-order chi connectivity index (χ0) is 64.9. The van der Waals surface area contributed by atoms with E-state index in [0.717, 1.165) is 47.6 Å². The number of esters is 6. The number of hydrogen-bond donors (Lipinski definition) is 0. The van der Waals surface area contributed by atoms with Gasteiger partial charge in [-0.3, -0.25) is 9.98 Å². The Kier molecular flexibility index (Phi) is 25.3. The van der Waals surface area contributed by atoms with Crippen molar-refractivity contribution < 1.29 is 76.1 Å². The summed E-state index contributed by atoms with van der Waals surface area (Å²) in [5.74, 6) is 0.731. The third-order valence-electron chi connectivity index (χ3n) is 13.5. The van der Waals surface area contributed by atoms with Gasteiger partial charge in [-0.05, 0) is 257 Å². The van der Waals surface area contributed by atoms with Gasteiger partial charge < -0.3 is 47.4 Å². The molecule has 8 aromatic rings. The van der Waals surface area contributed by atoms with E-state index in [9.17, 15) is 28.8 Å². The van der Waals surface area contributed by atoms with E-state index in [1.165, 1.54) is 48.5 Å². The minimum absolute atomic E-state index is 0.259. The molecule has 0 aliphatic rings. The van der Waals surface area contributed by atoms with Crippen LogP contribution in [-0.4, -0.2) is 87.9 Å². The van der Waals surface area contributed by atoms with Crippen molar-refractivity contribution in [3.8, 4) is 46.0 Å². The zero-order valence-corrected chi connectivity index (χ0v) is 51.0. The number of hydrogen-bond acceptors (Lipinski definition) is 18. The second-order valence-corrected chi connectivity index (χ2v) is 20.5. The highest BCUT2D eigenvalue weighted by Gasteiger charge is 2.16. The summed E-state index contributed by atoms with van der Waals surface area (Å²) in [4.78, 5) is 83.1. The van der Waals surface area contributed by atoms with Crippen LogP contribution in [0.1, 0.15) is 102 Å². The molecule has 0 atom stereocenters. The Morgan fingerprint density at radius 1 is 0.337 bits per heavy atom. The van der Waals surface area contributed by atoms with Gasteiger partial charge in [-0.2, -0.15) is 0 Å². The maximum Gasteiger partial charge on any atom is 0.343 e. The van der Waals surface area contributed by atoms with Gasteiger partial charge in [0, 0.05) is 24.6 Å². The molecule has 8 aromatic carbocycles. The zero-order valence-electron chi connectivity index (χ0n) is 51.0. The van der Waals surface area contributed by atoms with E-state index in [2.05, 4.69) is 23.1 Å². The molecular formula is C74H68N2O16. The number of carbonyl (C=O) groups excluding carboxylic acids is 6.